The first-order valence-corrected chi connectivity index (χ1v) is 7.67. The number of benzene rings is 1. The van der Waals surface area contributed by atoms with Crippen LogP contribution >= 0.6 is 12.2 Å². The predicted octanol–water partition coefficient (Wildman–Crippen LogP) is -0.342. The van der Waals surface area contributed by atoms with Crippen LogP contribution in [0.1, 0.15) is 26.5 Å². The molecule has 0 saturated carbocycles. The fourth-order valence-electron chi connectivity index (χ4n) is 1.94. The zero-order valence-electron chi connectivity index (χ0n) is 13.4. The molecule has 0 aliphatic rings. The minimum atomic E-state index is -1.51. The second kappa shape index (κ2) is 8.58. The number of hydrogen-bond acceptors (Lipinski definition) is 7. The van der Waals surface area contributed by atoms with Crippen molar-refractivity contribution in [3.05, 3.63) is 59.9 Å². The molecule has 0 aliphatic carbocycles. The monoisotopic (exact) mass is 371 g/mol. The van der Waals surface area contributed by atoms with E-state index in [9.17, 15) is 19.8 Å². The molecular formula is C17H13N3O5S-2. The van der Waals surface area contributed by atoms with Crippen molar-refractivity contribution < 1.29 is 24.2 Å². The Kier molecular flexibility index (Phi) is 6.23. The number of carboxylic acids is 2. The minimum Gasteiger partial charge on any atom is -0.545 e. The van der Waals surface area contributed by atoms with E-state index < -0.39 is 11.9 Å². The fraction of sp³-hybridized carbons (Fsp3) is 0.0588. The lowest BCUT2D eigenvalue weighted by molar-refractivity contribution is -0.255. The van der Waals surface area contributed by atoms with Crippen LogP contribution in [0.15, 0.2) is 52.5 Å². The Morgan fingerprint density at radius 2 is 1.85 bits per heavy atom. The van der Waals surface area contributed by atoms with Crippen molar-refractivity contribution in [3.63, 3.8) is 0 Å². The lowest BCUT2D eigenvalue weighted by atomic mass is 10.0. The SMILES string of the molecule is C=CCNC(=S)N/N=C\c1ccc(-c2cc(C(=O)[O-])cc(C(=O)[O-])c2)o1. The van der Waals surface area contributed by atoms with Gasteiger partial charge in [0.1, 0.15) is 11.5 Å². The van der Waals surface area contributed by atoms with Crippen LogP contribution in [-0.2, 0) is 0 Å². The van der Waals surface area contributed by atoms with E-state index in [-0.39, 0.29) is 22.5 Å². The average molecular weight is 371 g/mol. The molecule has 0 saturated heterocycles. The number of nitrogens with zero attached hydrogens (tertiary/aromatic N) is 1. The van der Waals surface area contributed by atoms with E-state index in [0.717, 1.165) is 6.07 Å². The lowest BCUT2D eigenvalue weighted by Gasteiger charge is -2.09. The largest absolute Gasteiger partial charge is 0.545 e. The van der Waals surface area contributed by atoms with Crippen LogP contribution in [0.2, 0.25) is 0 Å². The van der Waals surface area contributed by atoms with Gasteiger partial charge in [-0.1, -0.05) is 6.08 Å². The van der Waals surface area contributed by atoms with Crippen LogP contribution in [0.25, 0.3) is 11.3 Å². The van der Waals surface area contributed by atoms with Gasteiger partial charge in [-0.2, -0.15) is 5.10 Å². The molecule has 0 fully saturated rings. The number of thiocarbonyl (C=S) groups is 1. The highest BCUT2D eigenvalue weighted by molar-refractivity contribution is 7.80. The van der Waals surface area contributed by atoms with Crippen LogP contribution in [0.4, 0.5) is 0 Å². The number of carboxylic acid groups (broad SMARTS) is 2. The molecule has 1 heterocycles. The number of furan rings is 1. The van der Waals surface area contributed by atoms with Crippen molar-refractivity contribution in [2.24, 2.45) is 5.10 Å². The molecule has 0 unspecified atom stereocenters. The van der Waals surface area contributed by atoms with Gasteiger partial charge in [0, 0.05) is 12.1 Å². The van der Waals surface area contributed by atoms with Crippen LogP contribution in [0.3, 0.4) is 0 Å². The van der Waals surface area contributed by atoms with Crippen LogP contribution < -0.4 is 21.0 Å². The fourth-order valence-corrected chi connectivity index (χ4v) is 2.08. The summed E-state index contributed by atoms with van der Waals surface area (Å²) in [6, 6.07) is 6.57. The molecule has 134 valence electrons. The third-order valence-electron chi connectivity index (χ3n) is 3.08. The Balaban J connectivity index is 2.18. The second-order valence-corrected chi connectivity index (χ2v) is 5.35. The van der Waals surface area contributed by atoms with E-state index in [0.29, 0.717) is 17.4 Å². The molecule has 0 spiro atoms. The Hall–Kier alpha value is -3.46. The maximum atomic E-state index is 11.0. The number of aromatic carboxylic acids is 2. The first-order valence-electron chi connectivity index (χ1n) is 7.26. The number of hydrazone groups is 1. The van der Waals surface area contributed by atoms with Gasteiger partial charge in [-0.15, -0.1) is 6.58 Å². The molecule has 2 aromatic rings. The quantitative estimate of drug-likeness (QED) is 0.293. The summed E-state index contributed by atoms with van der Waals surface area (Å²) < 4.78 is 5.51. The highest BCUT2D eigenvalue weighted by Crippen LogP contribution is 2.24. The van der Waals surface area contributed by atoms with Crippen molar-refractivity contribution in [1.29, 1.82) is 0 Å². The molecule has 2 N–H and O–H groups in total. The van der Waals surface area contributed by atoms with Crippen LogP contribution in [-0.4, -0.2) is 29.8 Å². The molecule has 1 aromatic heterocycles. The third kappa shape index (κ3) is 5.02. The van der Waals surface area contributed by atoms with Gasteiger partial charge >= 0.3 is 0 Å². The second-order valence-electron chi connectivity index (χ2n) is 4.94. The predicted molar refractivity (Wildman–Crippen MR) is 94.3 cm³/mol. The number of carbonyl (C=O) groups is 2. The van der Waals surface area contributed by atoms with Gasteiger partial charge in [0.15, 0.2) is 5.11 Å². The van der Waals surface area contributed by atoms with E-state index in [4.69, 9.17) is 16.6 Å². The van der Waals surface area contributed by atoms with Gasteiger partial charge in [-0.3, -0.25) is 5.43 Å². The van der Waals surface area contributed by atoms with Crippen molar-refractivity contribution >= 4 is 35.5 Å². The van der Waals surface area contributed by atoms with Crippen molar-refractivity contribution in [3.8, 4) is 11.3 Å². The molecular weight excluding hydrogens is 358 g/mol. The Bertz CT molecular complexity index is 856. The number of rotatable bonds is 7. The zero-order valence-corrected chi connectivity index (χ0v) is 14.2. The van der Waals surface area contributed by atoms with Crippen molar-refractivity contribution in [1.82, 2.24) is 10.7 Å². The Labute approximate surface area is 153 Å². The summed E-state index contributed by atoms with van der Waals surface area (Å²) in [5.41, 5.74) is 2.23. The number of nitrogens with one attached hydrogen (secondary N) is 2. The molecule has 8 nitrogen and oxygen atoms in total. The van der Waals surface area contributed by atoms with Gasteiger partial charge in [-0.05, 0) is 53.7 Å². The molecule has 0 amide bonds. The van der Waals surface area contributed by atoms with E-state index in [1.807, 2.05) is 0 Å². The minimum absolute atomic E-state index is 0.252. The highest BCUT2D eigenvalue weighted by Gasteiger charge is 2.08. The normalized spacial score (nSPS) is 10.5. The molecule has 0 aliphatic heterocycles. The summed E-state index contributed by atoms with van der Waals surface area (Å²) in [6.07, 6.45) is 2.99. The van der Waals surface area contributed by atoms with Crippen molar-refractivity contribution in [2.45, 2.75) is 0 Å². The molecule has 0 bridgehead atoms. The first kappa shape index (κ1) is 18.9. The van der Waals surface area contributed by atoms with Gasteiger partial charge in [0.2, 0.25) is 0 Å². The van der Waals surface area contributed by atoms with E-state index in [2.05, 4.69) is 22.4 Å². The summed E-state index contributed by atoms with van der Waals surface area (Å²) in [6.45, 7) is 4.03. The van der Waals surface area contributed by atoms with E-state index in [1.165, 1.54) is 18.3 Å². The van der Waals surface area contributed by atoms with Gasteiger partial charge in [-0.25, -0.2) is 0 Å². The molecule has 26 heavy (non-hydrogen) atoms. The highest BCUT2D eigenvalue weighted by atomic mass is 32.1. The van der Waals surface area contributed by atoms with E-state index >= 15 is 0 Å². The third-order valence-corrected chi connectivity index (χ3v) is 3.32. The molecule has 1 aromatic carbocycles. The topological polar surface area (TPSA) is 130 Å². The Morgan fingerprint density at radius 3 is 2.42 bits per heavy atom. The smallest absolute Gasteiger partial charge is 0.187 e. The molecule has 2 rings (SSSR count). The van der Waals surface area contributed by atoms with Crippen LogP contribution in [0.5, 0.6) is 0 Å². The first-order chi connectivity index (χ1) is 12.4. The average Bonchev–Trinajstić information content (AvgIpc) is 3.08. The number of carbonyl (C=O) groups excluding carboxylic acids is 2. The van der Waals surface area contributed by atoms with E-state index in [1.54, 1.807) is 18.2 Å². The summed E-state index contributed by atoms with van der Waals surface area (Å²) >= 11 is 4.96. The molecule has 0 radical (unpaired) electrons. The van der Waals surface area contributed by atoms with Gasteiger partial charge in [0.05, 0.1) is 18.2 Å². The van der Waals surface area contributed by atoms with Gasteiger partial charge in [0.25, 0.3) is 0 Å². The maximum absolute atomic E-state index is 11.0. The van der Waals surface area contributed by atoms with Crippen molar-refractivity contribution in [2.75, 3.05) is 6.54 Å². The summed E-state index contributed by atoms with van der Waals surface area (Å²) in [5.74, 6) is -2.42. The molecule has 9 heteroatoms. The Morgan fingerprint density at radius 1 is 1.19 bits per heavy atom. The summed E-state index contributed by atoms with van der Waals surface area (Å²) in [5, 5.41) is 29.1. The standard InChI is InChI=1S/C17H15N3O5S/c1-2-5-18-17(26)20-19-9-13-3-4-14(25-13)10-6-11(15(21)22)8-12(7-10)16(23)24/h2-4,6-9H,1,5H2,(H,21,22)(H,23,24)(H2,18,20,26)/p-2/b19-9-. The number of hydrogen-bond donors (Lipinski definition) is 2. The molecule has 0 atom stereocenters. The summed E-state index contributed by atoms with van der Waals surface area (Å²) in [7, 11) is 0. The van der Waals surface area contributed by atoms with Crippen LogP contribution in [0, 0.1) is 0 Å². The van der Waals surface area contributed by atoms with Gasteiger partial charge < -0.3 is 29.5 Å². The maximum Gasteiger partial charge on any atom is 0.187 e. The zero-order chi connectivity index (χ0) is 19.1. The summed E-state index contributed by atoms with van der Waals surface area (Å²) in [4.78, 5) is 22.1. The lowest BCUT2D eigenvalue weighted by Crippen LogP contribution is -2.31.